The van der Waals surface area contributed by atoms with Gasteiger partial charge in [0.05, 0.1) is 11.0 Å². The first kappa shape index (κ1) is 12.3. The van der Waals surface area contributed by atoms with Crippen molar-refractivity contribution in [3.63, 3.8) is 0 Å². The summed E-state index contributed by atoms with van der Waals surface area (Å²) in [4.78, 5) is 20.8. The zero-order valence-electron chi connectivity index (χ0n) is 10.6. The van der Waals surface area contributed by atoms with Crippen molar-refractivity contribution in [2.75, 3.05) is 0 Å². The van der Waals surface area contributed by atoms with Crippen molar-refractivity contribution in [2.24, 2.45) is 5.84 Å². The van der Waals surface area contributed by atoms with Gasteiger partial charge in [0.15, 0.2) is 5.69 Å². The number of para-hydroxylation sites is 2. The van der Waals surface area contributed by atoms with Gasteiger partial charge >= 0.3 is 0 Å². The lowest BCUT2D eigenvalue weighted by molar-refractivity contribution is 0.0949. The van der Waals surface area contributed by atoms with Crippen molar-refractivity contribution < 1.29 is 4.79 Å². The van der Waals surface area contributed by atoms with E-state index in [1.807, 2.05) is 54.6 Å². The number of hydrogen-bond acceptors (Lipinski definition) is 4. The van der Waals surface area contributed by atoms with Crippen LogP contribution in [0.2, 0.25) is 0 Å². The maximum Gasteiger partial charge on any atom is 0.286 e. The number of fused-ring (bicyclic) bond motifs is 1. The average molecular weight is 264 g/mol. The zero-order valence-corrected chi connectivity index (χ0v) is 10.6. The molecule has 20 heavy (non-hydrogen) atoms. The van der Waals surface area contributed by atoms with Gasteiger partial charge in [0, 0.05) is 5.56 Å². The molecule has 5 nitrogen and oxygen atoms in total. The minimum Gasteiger partial charge on any atom is -0.289 e. The minimum atomic E-state index is -0.456. The second-order valence-electron chi connectivity index (χ2n) is 4.25. The van der Waals surface area contributed by atoms with E-state index in [0.717, 1.165) is 11.1 Å². The molecule has 98 valence electrons. The van der Waals surface area contributed by atoms with Crippen molar-refractivity contribution in [3.8, 4) is 11.3 Å². The van der Waals surface area contributed by atoms with Crippen LogP contribution in [0.3, 0.4) is 0 Å². The molecule has 0 saturated carbocycles. The molecule has 2 aromatic carbocycles. The van der Waals surface area contributed by atoms with Crippen LogP contribution in [0.1, 0.15) is 10.5 Å². The summed E-state index contributed by atoms with van der Waals surface area (Å²) in [5.41, 5.74) is 5.07. The van der Waals surface area contributed by atoms with Crippen LogP contribution in [0.25, 0.3) is 22.3 Å². The van der Waals surface area contributed by atoms with Gasteiger partial charge in [-0.05, 0) is 12.1 Å². The molecule has 1 aromatic heterocycles. The second-order valence-corrected chi connectivity index (χ2v) is 4.25. The first-order chi connectivity index (χ1) is 9.79. The van der Waals surface area contributed by atoms with E-state index in [1.54, 1.807) is 0 Å². The molecule has 0 atom stereocenters. The highest BCUT2D eigenvalue weighted by Crippen LogP contribution is 2.22. The first-order valence-electron chi connectivity index (χ1n) is 6.13. The fourth-order valence-corrected chi connectivity index (χ4v) is 2.02. The van der Waals surface area contributed by atoms with Gasteiger partial charge in [0.2, 0.25) is 0 Å². The van der Waals surface area contributed by atoms with Crippen LogP contribution in [-0.2, 0) is 0 Å². The maximum atomic E-state index is 11.9. The smallest absolute Gasteiger partial charge is 0.286 e. The van der Waals surface area contributed by atoms with Crippen LogP contribution in [0.5, 0.6) is 0 Å². The van der Waals surface area contributed by atoms with Crippen LogP contribution in [-0.4, -0.2) is 15.9 Å². The summed E-state index contributed by atoms with van der Waals surface area (Å²) in [6.07, 6.45) is 0. The van der Waals surface area contributed by atoms with E-state index < -0.39 is 5.91 Å². The van der Waals surface area contributed by atoms with Gasteiger partial charge < -0.3 is 0 Å². The Hall–Kier alpha value is -2.79. The normalized spacial score (nSPS) is 10.4. The summed E-state index contributed by atoms with van der Waals surface area (Å²) in [6.45, 7) is 0. The van der Waals surface area contributed by atoms with E-state index >= 15 is 0 Å². The average Bonchev–Trinajstić information content (AvgIpc) is 2.53. The van der Waals surface area contributed by atoms with Crippen molar-refractivity contribution in [1.29, 1.82) is 0 Å². The molecular formula is C15H12N4O. The number of nitrogens with two attached hydrogens (primary N) is 1. The Kier molecular flexibility index (Phi) is 3.10. The molecule has 1 amide bonds. The molecule has 0 aliphatic carbocycles. The lowest BCUT2D eigenvalue weighted by Crippen LogP contribution is -2.31. The molecule has 3 N–H and O–H groups in total. The Morgan fingerprint density at radius 1 is 0.900 bits per heavy atom. The number of hydrazine groups is 1. The Balaban J connectivity index is 2.30. The number of amides is 1. The first-order valence-corrected chi connectivity index (χ1v) is 6.13. The molecule has 1 heterocycles. The fourth-order valence-electron chi connectivity index (χ4n) is 2.02. The third-order valence-electron chi connectivity index (χ3n) is 2.96. The van der Waals surface area contributed by atoms with Crippen molar-refractivity contribution in [1.82, 2.24) is 15.4 Å². The van der Waals surface area contributed by atoms with Crippen LogP contribution in [0.15, 0.2) is 54.6 Å². The summed E-state index contributed by atoms with van der Waals surface area (Å²) in [5, 5.41) is 0. The van der Waals surface area contributed by atoms with E-state index in [1.165, 1.54) is 0 Å². The number of carbonyl (C=O) groups excluding carboxylic acids is 1. The van der Waals surface area contributed by atoms with Crippen LogP contribution < -0.4 is 11.3 Å². The van der Waals surface area contributed by atoms with Gasteiger partial charge in [0.25, 0.3) is 5.91 Å². The summed E-state index contributed by atoms with van der Waals surface area (Å²) in [7, 11) is 0. The van der Waals surface area contributed by atoms with E-state index in [4.69, 9.17) is 5.84 Å². The molecule has 0 aliphatic rings. The molecule has 3 aromatic rings. The highest BCUT2D eigenvalue weighted by atomic mass is 16.2. The van der Waals surface area contributed by atoms with Crippen molar-refractivity contribution in [2.45, 2.75) is 0 Å². The molecule has 0 aliphatic heterocycles. The van der Waals surface area contributed by atoms with Gasteiger partial charge in [-0.3, -0.25) is 10.2 Å². The standard InChI is InChI=1S/C15H12N4O/c16-19-15(20)14-13(10-6-2-1-3-7-10)17-11-8-4-5-9-12(11)18-14/h1-9H,16H2,(H,19,20). The highest BCUT2D eigenvalue weighted by Gasteiger charge is 2.16. The Morgan fingerprint density at radius 3 is 2.15 bits per heavy atom. The lowest BCUT2D eigenvalue weighted by Gasteiger charge is -2.08. The minimum absolute atomic E-state index is 0.220. The summed E-state index contributed by atoms with van der Waals surface area (Å²) in [6, 6.07) is 16.8. The Morgan fingerprint density at radius 2 is 1.50 bits per heavy atom. The van der Waals surface area contributed by atoms with Crippen LogP contribution >= 0.6 is 0 Å². The van der Waals surface area contributed by atoms with Gasteiger partial charge in [-0.1, -0.05) is 42.5 Å². The van der Waals surface area contributed by atoms with E-state index in [-0.39, 0.29) is 5.69 Å². The van der Waals surface area contributed by atoms with Crippen LogP contribution in [0.4, 0.5) is 0 Å². The van der Waals surface area contributed by atoms with Crippen molar-refractivity contribution in [3.05, 3.63) is 60.3 Å². The fraction of sp³-hybridized carbons (Fsp3) is 0. The van der Waals surface area contributed by atoms with Gasteiger partial charge in [-0.2, -0.15) is 0 Å². The van der Waals surface area contributed by atoms with E-state index in [2.05, 4.69) is 15.4 Å². The molecule has 0 bridgehead atoms. The predicted molar refractivity (Wildman–Crippen MR) is 76.6 cm³/mol. The summed E-state index contributed by atoms with van der Waals surface area (Å²) < 4.78 is 0. The number of hydrogen-bond donors (Lipinski definition) is 2. The molecule has 5 heteroatoms. The third kappa shape index (κ3) is 2.10. The Labute approximate surface area is 115 Å². The SMILES string of the molecule is NNC(=O)c1nc2ccccc2nc1-c1ccccc1. The number of nitrogens with zero attached hydrogens (tertiary/aromatic N) is 2. The number of nitrogen functional groups attached to an aromatic ring is 1. The summed E-state index contributed by atoms with van der Waals surface area (Å²) >= 11 is 0. The topological polar surface area (TPSA) is 80.9 Å². The zero-order chi connectivity index (χ0) is 13.9. The molecule has 0 unspecified atom stereocenters. The molecule has 0 fully saturated rings. The quantitative estimate of drug-likeness (QED) is 0.421. The number of carbonyl (C=O) groups is 1. The molecule has 0 radical (unpaired) electrons. The number of benzene rings is 2. The predicted octanol–water partition coefficient (Wildman–Crippen LogP) is 1.90. The van der Waals surface area contributed by atoms with E-state index in [9.17, 15) is 4.79 Å². The van der Waals surface area contributed by atoms with Gasteiger partial charge in [-0.25, -0.2) is 15.8 Å². The summed E-state index contributed by atoms with van der Waals surface area (Å²) in [5.74, 6) is 4.77. The van der Waals surface area contributed by atoms with E-state index in [0.29, 0.717) is 11.2 Å². The molecular weight excluding hydrogens is 252 g/mol. The van der Waals surface area contributed by atoms with Gasteiger partial charge in [0.1, 0.15) is 5.69 Å². The second kappa shape index (κ2) is 5.07. The maximum absolute atomic E-state index is 11.9. The highest BCUT2D eigenvalue weighted by molar-refractivity contribution is 5.99. The molecule has 0 saturated heterocycles. The lowest BCUT2D eigenvalue weighted by atomic mass is 10.1. The van der Waals surface area contributed by atoms with Crippen molar-refractivity contribution >= 4 is 16.9 Å². The van der Waals surface area contributed by atoms with Crippen LogP contribution in [0, 0.1) is 0 Å². The number of rotatable bonds is 2. The monoisotopic (exact) mass is 264 g/mol. The van der Waals surface area contributed by atoms with Gasteiger partial charge in [-0.15, -0.1) is 0 Å². The largest absolute Gasteiger partial charge is 0.289 e. The molecule has 0 spiro atoms. The molecule has 3 rings (SSSR count). The third-order valence-corrected chi connectivity index (χ3v) is 2.96. The Bertz CT molecular complexity index is 771. The number of aromatic nitrogens is 2. The number of nitrogens with one attached hydrogen (secondary N) is 1.